The summed E-state index contributed by atoms with van der Waals surface area (Å²) in [6.07, 6.45) is 3.89. The van der Waals surface area contributed by atoms with Crippen LogP contribution in [0, 0.1) is 6.92 Å². The molecule has 9 heteroatoms. The Morgan fingerprint density at radius 2 is 2.03 bits per heavy atom. The number of ether oxygens (including phenoxy) is 1. The van der Waals surface area contributed by atoms with Crippen LogP contribution in [0.1, 0.15) is 44.6 Å². The first kappa shape index (κ1) is 21.1. The highest BCUT2D eigenvalue weighted by Gasteiger charge is 2.27. The Bertz CT molecular complexity index is 1270. The predicted molar refractivity (Wildman–Crippen MR) is 120 cm³/mol. The van der Waals surface area contributed by atoms with E-state index in [1.807, 2.05) is 63.4 Å². The van der Waals surface area contributed by atoms with Gasteiger partial charge in [-0.2, -0.15) is 9.61 Å². The molecule has 0 fully saturated rings. The van der Waals surface area contributed by atoms with Crippen LogP contribution in [0.15, 0.2) is 36.7 Å². The number of amides is 1. The van der Waals surface area contributed by atoms with Gasteiger partial charge in [0.2, 0.25) is 0 Å². The summed E-state index contributed by atoms with van der Waals surface area (Å²) in [5, 5.41) is 4.72. The molecule has 0 radical (unpaired) electrons. The molecule has 4 aromatic rings. The SMILES string of the molecule is CCc1cnn2c(N(Cc3cn4c(C)cccc4n3)C(=O)OC(C)(C)C)cc(Cl)nc12. The van der Waals surface area contributed by atoms with Crippen molar-refractivity contribution < 1.29 is 9.53 Å². The molecule has 0 aliphatic heterocycles. The lowest BCUT2D eigenvalue weighted by atomic mass is 10.2. The third-order valence-corrected chi connectivity index (χ3v) is 5.03. The molecule has 0 saturated heterocycles. The Kier molecular flexibility index (Phi) is 5.35. The zero-order valence-electron chi connectivity index (χ0n) is 18.3. The molecule has 0 spiro atoms. The maximum Gasteiger partial charge on any atom is 0.416 e. The molecule has 31 heavy (non-hydrogen) atoms. The summed E-state index contributed by atoms with van der Waals surface area (Å²) in [5.74, 6) is 0.470. The van der Waals surface area contributed by atoms with Gasteiger partial charge in [-0.25, -0.2) is 14.8 Å². The molecule has 0 atom stereocenters. The largest absolute Gasteiger partial charge is 0.443 e. The van der Waals surface area contributed by atoms with E-state index in [1.54, 1.807) is 16.8 Å². The van der Waals surface area contributed by atoms with Crippen LogP contribution < -0.4 is 4.90 Å². The van der Waals surface area contributed by atoms with E-state index in [1.165, 1.54) is 4.90 Å². The molecule has 0 N–H and O–H groups in total. The second-order valence-electron chi connectivity index (χ2n) is 8.39. The Morgan fingerprint density at radius 3 is 2.71 bits per heavy atom. The number of nitrogens with zero attached hydrogens (tertiary/aromatic N) is 6. The topological polar surface area (TPSA) is 77.0 Å². The number of imidazole rings is 1. The van der Waals surface area contributed by atoms with Crippen LogP contribution in [-0.2, 0) is 17.7 Å². The zero-order valence-corrected chi connectivity index (χ0v) is 19.0. The Morgan fingerprint density at radius 1 is 1.26 bits per heavy atom. The van der Waals surface area contributed by atoms with Crippen LogP contribution in [0.3, 0.4) is 0 Å². The van der Waals surface area contributed by atoms with E-state index < -0.39 is 11.7 Å². The van der Waals surface area contributed by atoms with E-state index in [9.17, 15) is 4.79 Å². The van der Waals surface area contributed by atoms with Crippen molar-refractivity contribution in [2.75, 3.05) is 4.90 Å². The van der Waals surface area contributed by atoms with Gasteiger partial charge < -0.3 is 9.14 Å². The van der Waals surface area contributed by atoms with Crippen molar-refractivity contribution in [2.24, 2.45) is 0 Å². The third-order valence-electron chi connectivity index (χ3n) is 4.83. The standard InChI is InChI=1S/C22H25ClN6O2/c1-6-15-11-24-29-19(10-17(23)26-20(15)29)28(21(30)31-22(3,4)5)13-16-12-27-14(2)8-7-9-18(27)25-16/h7-12H,6,13H2,1-5H3. The fraction of sp³-hybridized carbons (Fsp3) is 0.364. The first-order valence-corrected chi connectivity index (χ1v) is 10.5. The van der Waals surface area contributed by atoms with E-state index in [4.69, 9.17) is 16.3 Å². The van der Waals surface area contributed by atoms with Gasteiger partial charge in [-0.05, 0) is 46.2 Å². The number of hydrogen-bond donors (Lipinski definition) is 0. The molecule has 0 aliphatic carbocycles. The van der Waals surface area contributed by atoms with Gasteiger partial charge in [0.25, 0.3) is 0 Å². The summed E-state index contributed by atoms with van der Waals surface area (Å²) in [4.78, 5) is 23.8. The fourth-order valence-electron chi connectivity index (χ4n) is 3.40. The molecule has 8 nitrogen and oxygen atoms in total. The molecule has 4 rings (SSSR count). The number of anilines is 1. The molecule has 0 aliphatic rings. The van der Waals surface area contributed by atoms with Crippen LogP contribution in [0.25, 0.3) is 11.3 Å². The van der Waals surface area contributed by atoms with E-state index >= 15 is 0 Å². The van der Waals surface area contributed by atoms with Gasteiger partial charge in [-0.15, -0.1) is 0 Å². The molecule has 1 amide bonds. The van der Waals surface area contributed by atoms with Gasteiger partial charge in [0, 0.05) is 23.5 Å². The summed E-state index contributed by atoms with van der Waals surface area (Å²) in [6, 6.07) is 7.50. The maximum atomic E-state index is 13.2. The number of pyridine rings is 1. The van der Waals surface area contributed by atoms with Crippen molar-refractivity contribution >= 4 is 34.8 Å². The minimum atomic E-state index is -0.667. The van der Waals surface area contributed by atoms with Crippen molar-refractivity contribution in [1.82, 2.24) is 24.0 Å². The molecule has 4 aromatic heterocycles. The first-order valence-electron chi connectivity index (χ1n) is 10.1. The highest BCUT2D eigenvalue weighted by Crippen LogP contribution is 2.26. The minimum absolute atomic E-state index is 0.187. The molecular formula is C22H25ClN6O2. The second kappa shape index (κ2) is 7.85. The van der Waals surface area contributed by atoms with Crippen LogP contribution in [0.2, 0.25) is 5.15 Å². The highest BCUT2D eigenvalue weighted by atomic mass is 35.5. The van der Waals surface area contributed by atoms with Crippen molar-refractivity contribution in [2.45, 2.75) is 53.2 Å². The number of carbonyl (C=O) groups excluding carboxylic acids is 1. The van der Waals surface area contributed by atoms with Gasteiger partial charge in [-0.1, -0.05) is 24.6 Å². The Hall–Kier alpha value is -3.13. The van der Waals surface area contributed by atoms with Crippen molar-refractivity contribution in [3.8, 4) is 0 Å². The lowest BCUT2D eigenvalue weighted by Gasteiger charge is -2.27. The number of fused-ring (bicyclic) bond motifs is 2. The second-order valence-corrected chi connectivity index (χ2v) is 8.78. The number of carbonyl (C=O) groups is 1. The molecule has 0 unspecified atom stereocenters. The van der Waals surface area contributed by atoms with Gasteiger partial charge in [-0.3, -0.25) is 4.90 Å². The average Bonchev–Trinajstić information content (AvgIpc) is 3.28. The molecular weight excluding hydrogens is 416 g/mol. The zero-order chi connectivity index (χ0) is 22.3. The summed E-state index contributed by atoms with van der Waals surface area (Å²) in [5.41, 5.74) is 3.46. The fourth-order valence-corrected chi connectivity index (χ4v) is 3.58. The maximum absolute atomic E-state index is 13.2. The van der Waals surface area contributed by atoms with Gasteiger partial charge >= 0.3 is 6.09 Å². The van der Waals surface area contributed by atoms with Crippen LogP contribution in [-0.4, -0.2) is 35.7 Å². The summed E-state index contributed by atoms with van der Waals surface area (Å²) < 4.78 is 9.30. The van der Waals surface area contributed by atoms with Crippen molar-refractivity contribution in [3.05, 3.63) is 58.8 Å². The lowest BCUT2D eigenvalue weighted by Crippen LogP contribution is -2.37. The monoisotopic (exact) mass is 440 g/mol. The lowest BCUT2D eigenvalue weighted by molar-refractivity contribution is 0.0575. The molecule has 162 valence electrons. The summed E-state index contributed by atoms with van der Waals surface area (Å²) >= 11 is 6.33. The number of aromatic nitrogens is 5. The number of halogens is 1. The summed E-state index contributed by atoms with van der Waals surface area (Å²) in [7, 11) is 0. The van der Waals surface area contributed by atoms with Crippen LogP contribution in [0.4, 0.5) is 10.6 Å². The normalized spacial score (nSPS) is 11.9. The predicted octanol–water partition coefficient (Wildman–Crippen LogP) is 4.84. The van der Waals surface area contributed by atoms with Gasteiger partial charge in [0.1, 0.15) is 22.2 Å². The minimum Gasteiger partial charge on any atom is -0.443 e. The number of rotatable bonds is 4. The average molecular weight is 441 g/mol. The molecule has 0 bridgehead atoms. The van der Waals surface area contributed by atoms with E-state index in [2.05, 4.69) is 15.1 Å². The number of aryl methyl sites for hydroxylation is 2. The van der Waals surface area contributed by atoms with Crippen molar-refractivity contribution in [1.29, 1.82) is 0 Å². The Balaban J connectivity index is 1.83. The quantitative estimate of drug-likeness (QED) is 0.424. The molecule has 0 saturated carbocycles. The van der Waals surface area contributed by atoms with Crippen molar-refractivity contribution in [3.63, 3.8) is 0 Å². The molecule has 0 aromatic carbocycles. The van der Waals surface area contributed by atoms with Crippen LogP contribution >= 0.6 is 11.6 Å². The summed E-state index contributed by atoms with van der Waals surface area (Å²) in [6.45, 7) is 9.70. The smallest absolute Gasteiger partial charge is 0.416 e. The number of hydrogen-bond acceptors (Lipinski definition) is 5. The van der Waals surface area contributed by atoms with E-state index in [-0.39, 0.29) is 11.7 Å². The van der Waals surface area contributed by atoms with E-state index in [0.29, 0.717) is 17.2 Å². The van der Waals surface area contributed by atoms with Gasteiger partial charge in [0.05, 0.1) is 18.4 Å². The van der Waals surface area contributed by atoms with Gasteiger partial charge in [0.15, 0.2) is 5.65 Å². The highest BCUT2D eigenvalue weighted by molar-refractivity contribution is 6.29. The van der Waals surface area contributed by atoms with Crippen LogP contribution in [0.5, 0.6) is 0 Å². The first-order chi connectivity index (χ1) is 14.7. The third kappa shape index (κ3) is 4.20. The van der Waals surface area contributed by atoms with E-state index in [0.717, 1.165) is 23.3 Å². The molecule has 4 heterocycles. The Labute approximate surface area is 185 Å².